The summed E-state index contributed by atoms with van der Waals surface area (Å²) in [4.78, 5) is 7.73. The molecule has 0 unspecified atom stereocenters. The van der Waals surface area contributed by atoms with Crippen LogP contribution in [0.25, 0.3) is 11.2 Å². The first-order chi connectivity index (χ1) is 9.67. The Morgan fingerprint density at radius 2 is 2.20 bits per heavy atom. The Balaban J connectivity index is 1.94. The number of nitrogens with one attached hydrogen (secondary N) is 1. The van der Waals surface area contributed by atoms with Gasteiger partial charge in [-0.2, -0.15) is 4.98 Å². The van der Waals surface area contributed by atoms with E-state index >= 15 is 0 Å². The highest BCUT2D eigenvalue weighted by molar-refractivity contribution is 7.71. The molecule has 20 heavy (non-hydrogen) atoms. The van der Waals surface area contributed by atoms with E-state index in [-0.39, 0.29) is 0 Å². The maximum absolute atomic E-state index is 5.44. The highest BCUT2D eigenvalue weighted by Gasteiger charge is 2.42. The van der Waals surface area contributed by atoms with Crippen LogP contribution >= 0.6 is 12.2 Å². The Kier molecular flexibility index (Phi) is 3.52. The zero-order chi connectivity index (χ0) is 14.2. The molecule has 1 aliphatic carbocycles. The molecule has 0 bridgehead atoms. The third-order valence-electron chi connectivity index (χ3n) is 4.09. The van der Waals surface area contributed by atoms with Gasteiger partial charge >= 0.3 is 0 Å². The molecule has 6 heteroatoms. The third kappa shape index (κ3) is 2.45. The summed E-state index contributed by atoms with van der Waals surface area (Å²) in [6.45, 7) is 1.70. The summed E-state index contributed by atoms with van der Waals surface area (Å²) in [7, 11) is 3.38. The normalized spacial score (nSPS) is 16.5. The number of ether oxygens (including phenoxy) is 2. The van der Waals surface area contributed by atoms with Crippen LogP contribution in [0.1, 0.15) is 19.3 Å². The number of imidazole rings is 1. The van der Waals surface area contributed by atoms with E-state index in [4.69, 9.17) is 21.7 Å². The Labute approximate surface area is 122 Å². The van der Waals surface area contributed by atoms with E-state index in [1.807, 2.05) is 12.1 Å². The number of H-pyrrole nitrogens is 1. The summed E-state index contributed by atoms with van der Waals surface area (Å²) in [5.74, 6) is 0.613. The predicted molar refractivity (Wildman–Crippen MR) is 79.6 cm³/mol. The summed E-state index contributed by atoms with van der Waals surface area (Å²) >= 11 is 5.44. The summed E-state index contributed by atoms with van der Waals surface area (Å²) < 4.78 is 13.2. The lowest BCUT2D eigenvalue weighted by Crippen LogP contribution is -2.14. The fraction of sp³-hybridized carbons (Fsp3) is 0.571. The van der Waals surface area contributed by atoms with Gasteiger partial charge in [0.15, 0.2) is 10.4 Å². The number of hydrogen-bond donors (Lipinski definition) is 1. The molecule has 3 rings (SSSR count). The molecule has 2 aromatic rings. The molecule has 0 atom stereocenters. The lowest BCUT2D eigenvalue weighted by molar-refractivity contribution is 0.167. The average Bonchev–Trinajstić information content (AvgIpc) is 3.16. The van der Waals surface area contributed by atoms with Crippen LogP contribution in [-0.2, 0) is 11.3 Å². The molecule has 0 aromatic carbocycles. The largest absolute Gasteiger partial charge is 0.481 e. The van der Waals surface area contributed by atoms with E-state index in [0.717, 1.165) is 35.5 Å². The number of aromatic amines is 1. The SMILES string of the molecule is COCCC1(Cn2c(=S)[nH]c3ccc(OC)nc32)CC1. The molecule has 108 valence electrons. The van der Waals surface area contributed by atoms with Gasteiger partial charge in [0.05, 0.1) is 12.6 Å². The fourth-order valence-electron chi connectivity index (χ4n) is 2.59. The predicted octanol–water partition coefficient (Wildman–Crippen LogP) is 2.92. The van der Waals surface area contributed by atoms with Gasteiger partial charge in [-0.25, -0.2) is 0 Å². The Morgan fingerprint density at radius 3 is 2.85 bits per heavy atom. The van der Waals surface area contributed by atoms with Crippen LogP contribution in [-0.4, -0.2) is 35.4 Å². The molecule has 0 saturated heterocycles. The summed E-state index contributed by atoms with van der Waals surface area (Å²) in [5, 5.41) is 0. The zero-order valence-electron chi connectivity index (χ0n) is 11.8. The highest BCUT2D eigenvalue weighted by atomic mass is 32.1. The van der Waals surface area contributed by atoms with Crippen LogP contribution in [0.15, 0.2) is 12.1 Å². The quantitative estimate of drug-likeness (QED) is 0.832. The molecule has 0 spiro atoms. The van der Waals surface area contributed by atoms with Gasteiger partial charge in [-0.15, -0.1) is 0 Å². The molecule has 2 aromatic heterocycles. The first-order valence-electron chi connectivity index (χ1n) is 6.80. The molecule has 2 heterocycles. The first-order valence-corrected chi connectivity index (χ1v) is 7.21. The number of methoxy groups -OCH3 is 2. The van der Waals surface area contributed by atoms with E-state index in [2.05, 4.69) is 14.5 Å². The lowest BCUT2D eigenvalue weighted by Gasteiger charge is -2.15. The molecule has 5 nitrogen and oxygen atoms in total. The first kappa shape index (κ1) is 13.6. The van der Waals surface area contributed by atoms with Gasteiger partial charge in [0.25, 0.3) is 0 Å². The molecular weight excluding hydrogens is 274 g/mol. The van der Waals surface area contributed by atoms with Gasteiger partial charge < -0.3 is 19.0 Å². The monoisotopic (exact) mass is 293 g/mol. The van der Waals surface area contributed by atoms with Gasteiger partial charge in [0.2, 0.25) is 5.88 Å². The van der Waals surface area contributed by atoms with Crippen LogP contribution < -0.4 is 4.74 Å². The molecular formula is C14H19N3O2S. The number of aromatic nitrogens is 3. The van der Waals surface area contributed by atoms with E-state index in [1.165, 1.54) is 12.8 Å². The summed E-state index contributed by atoms with van der Waals surface area (Å²) in [6.07, 6.45) is 3.53. The Morgan fingerprint density at radius 1 is 1.40 bits per heavy atom. The third-order valence-corrected chi connectivity index (χ3v) is 4.41. The second kappa shape index (κ2) is 5.18. The number of fused-ring (bicyclic) bond motifs is 1. The second-order valence-electron chi connectivity index (χ2n) is 5.48. The van der Waals surface area contributed by atoms with Crippen LogP contribution in [0, 0.1) is 10.2 Å². The van der Waals surface area contributed by atoms with Crippen LogP contribution in [0.2, 0.25) is 0 Å². The van der Waals surface area contributed by atoms with Gasteiger partial charge in [-0.05, 0) is 43.0 Å². The lowest BCUT2D eigenvalue weighted by atomic mass is 10.0. The molecule has 1 fully saturated rings. The van der Waals surface area contributed by atoms with E-state index in [0.29, 0.717) is 11.3 Å². The standard InChI is InChI=1S/C14H19N3O2S/c1-18-8-7-14(5-6-14)9-17-12-10(15-13(17)20)3-4-11(16-12)19-2/h3-4H,5-9H2,1-2H3,(H,15,20). The van der Waals surface area contributed by atoms with E-state index < -0.39 is 0 Å². The number of rotatable bonds is 6. The van der Waals surface area contributed by atoms with Crippen molar-refractivity contribution in [3.8, 4) is 5.88 Å². The van der Waals surface area contributed by atoms with E-state index in [9.17, 15) is 0 Å². The van der Waals surface area contributed by atoms with Crippen LogP contribution in [0.4, 0.5) is 0 Å². The number of nitrogens with zero attached hydrogens (tertiary/aromatic N) is 2. The average molecular weight is 293 g/mol. The molecule has 0 aliphatic heterocycles. The van der Waals surface area contributed by atoms with Crippen molar-refractivity contribution >= 4 is 23.4 Å². The second-order valence-corrected chi connectivity index (χ2v) is 5.87. The molecule has 0 radical (unpaired) electrons. The minimum Gasteiger partial charge on any atom is -0.481 e. The van der Waals surface area contributed by atoms with Crippen molar-refractivity contribution in [1.29, 1.82) is 0 Å². The van der Waals surface area contributed by atoms with Gasteiger partial charge in [-0.1, -0.05) is 0 Å². The number of pyridine rings is 1. The highest BCUT2D eigenvalue weighted by Crippen LogP contribution is 2.50. The van der Waals surface area contributed by atoms with Crippen LogP contribution in [0.5, 0.6) is 5.88 Å². The van der Waals surface area contributed by atoms with Crippen molar-refractivity contribution in [2.75, 3.05) is 20.8 Å². The Hall–Kier alpha value is -1.40. The minimum absolute atomic E-state index is 0.327. The smallest absolute Gasteiger partial charge is 0.215 e. The van der Waals surface area contributed by atoms with Crippen molar-refractivity contribution in [2.24, 2.45) is 5.41 Å². The van der Waals surface area contributed by atoms with Crippen molar-refractivity contribution in [3.05, 3.63) is 16.9 Å². The maximum Gasteiger partial charge on any atom is 0.215 e. The van der Waals surface area contributed by atoms with Gasteiger partial charge in [-0.3, -0.25) is 0 Å². The molecule has 0 amide bonds. The minimum atomic E-state index is 0.327. The van der Waals surface area contributed by atoms with Crippen molar-refractivity contribution in [2.45, 2.75) is 25.8 Å². The van der Waals surface area contributed by atoms with Crippen molar-refractivity contribution in [3.63, 3.8) is 0 Å². The van der Waals surface area contributed by atoms with Gasteiger partial charge in [0, 0.05) is 26.3 Å². The van der Waals surface area contributed by atoms with E-state index in [1.54, 1.807) is 14.2 Å². The number of hydrogen-bond acceptors (Lipinski definition) is 4. The van der Waals surface area contributed by atoms with Crippen LogP contribution in [0.3, 0.4) is 0 Å². The Bertz CT molecular complexity index is 673. The van der Waals surface area contributed by atoms with Crippen molar-refractivity contribution in [1.82, 2.24) is 14.5 Å². The zero-order valence-corrected chi connectivity index (χ0v) is 12.6. The fourth-order valence-corrected chi connectivity index (χ4v) is 2.85. The molecule has 1 N–H and O–H groups in total. The maximum atomic E-state index is 5.44. The summed E-state index contributed by atoms with van der Waals surface area (Å²) in [6, 6.07) is 3.80. The topological polar surface area (TPSA) is 52.1 Å². The summed E-state index contributed by atoms with van der Waals surface area (Å²) in [5.41, 5.74) is 2.16. The van der Waals surface area contributed by atoms with Crippen molar-refractivity contribution < 1.29 is 9.47 Å². The molecule has 1 saturated carbocycles. The molecule has 1 aliphatic rings. The van der Waals surface area contributed by atoms with Gasteiger partial charge in [0.1, 0.15) is 0 Å².